The van der Waals surface area contributed by atoms with Gasteiger partial charge >= 0.3 is 0 Å². The third kappa shape index (κ3) is 33.7. The number of hydrogen-bond donors (Lipinski definition) is 22. The lowest BCUT2D eigenvalue weighted by atomic mass is 10.0. The van der Waals surface area contributed by atoms with Crippen molar-refractivity contribution in [2.45, 2.75) is 178 Å². The number of aliphatic imine (C=N–C) groups is 4. The van der Waals surface area contributed by atoms with Crippen LogP contribution in [0.2, 0.25) is 0 Å². The van der Waals surface area contributed by atoms with Crippen molar-refractivity contribution in [1.29, 1.82) is 0 Å². The molecule has 1 rings (SSSR count). The van der Waals surface area contributed by atoms with Gasteiger partial charge < -0.3 is 121 Å². The number of nitrogens with one attached hydrogen (secondary N) is 9. The van der Waals surface area contributed by atoms with Crippen LogP contribution in [0.1, 0.15) is 116 Å². The van der Waals surface area contributed by atoms with E-state index in [2.05, 4.69) is 67.8 Å². The van der Waals surface area contributed by atoms with E-state index in [1.54, 1.807) is 12.1 Å². The van der Waals surface area contributed by atoms with Crippen LogP contribution >= 0.6 is 0 Å². The molecule has 36 nitrogen and oxygen atoms in total. The molecule has 10 atom stereocenters. The molecule has 0 heterocycles. The number of aliphatic hydroxyl groups is 1. The second-order valence-electron chi connectivity index (χ2n) is 21.2. The summed E-state index contributed by atoms with van der Waals surface area (Å²) in [6.07, 6.45) is -0.263. The van der Waals surface area contributed by atoms with Crippen LogP contribution in [-0.4, -0.2) is 193 Å². The number of hydrogen-bond acceptors (Lipinski definition) is 18. The predicted octanol–water partition coefficient (Wildman–Crippen LogP) is -8.32. The summed E-state index contributed by atoms with van der Waals surface area (Å²) in [7, 11) is 0. The van der Waals surface area contributed by atoms with Gasteiger partial charge in [0.05, 0.1) is 6.10 Å². The summed E-state index contributed by atoms with van der Waals surface area (Å²) in [6.45, 7) is 4.16. The van der Waals surface area contributed by atoms with Gasteiger partial charge in [-0.3, -0.25) is 67.9 Å². The fourth-order valence-corrected chi connectivity index (χ4v) is 8.66. The molecule has 0 spiro atoms. The van der Waals surface area contributed by atoms with Crippen molar-refractivity contribution in [3.63, 3.8) is 0 Å². The van der Waals surface area contributed by atoms with Crippen molar-refractivity contribution in [2.75, 3.05) is 39.3 Å². The average Bonchev–Trinajstić information content (AvgIpc) is 3.18. The largest absolute Gasteiger partial charge is 0.508 e. The number of unbranched alkanes of at least 4 members (excludes halogenated alkanes) is 2. The zero-order valence-electron chi connectivity index (χ0n) is 51.5. The van der Waals surface area contributed by atoms with Crippen molar-refractivity contribution in [3.05, 3.63) is 29.8 Å². The Hall–Kier alpha value is -9.32. The number of primary amides is 1. The molecular formula is C54H98N24O12. The van der Waals surface area contributed by atoms with Gasteiger partial charge in [0.25, 0.3) is 0 Å². The number of guanidine groups is 4. The van der Waals surface area contributed by atoms with Gasteiger partial charge in [-0.1, -0.05) is 12.1 Å². The van der Waals surface area contributed by atoms with Crippen LogP contribution in [0.25, 0.3) is 0 Å². The summed E-state index contributed by atoms with van der Waals surface area (Å²) in [6, 6.07) is -6.63. The van der Waals surface area contributed by atoms with E-state index < -0.39 is 120 Å². The molecule has 0 aromatic heterocycles. The zero-order valence-corrected chi connectivity index (χ0v) is 51.5. The van der Waals surface area contributed by atoms with E-state index in [1.807, 2.05) is 0 Å². The smallest absolute Gasteiger partial charge is 0.243 e. The van der Waals surface area contributed by atoms with E-state index in [1.165, 1.54) is 32.9 Å². The first kappa shape index (κ1) is 78.7. The number of aromatic hydroxyl groups is 1. The molecule has 0 fully saturated rings. The third-order valence-electron chi connectivity index (χ3n) is 13.4. The molecule has 0 aliphatic heterocycles. The van der Waals surface area contributed by atoms with Crippen LogP contribution in [0.15, 0.2) is 44.2 Å². The number of aliphatic hydroxyl groups excluding tert-OH is 1. The Bertz CT molecular complexity index is 2590. The fraction of sp³-hybridized carbons (Fsp3) is 0.630. The second kappa shape index (κ2) is 43.3. The number of rotatable bonds is 45. The fourth-order valence-electron chi connectivity index (χ4n) is 8.66. The lowest BCUT2D eigenvalue weighted by Crippen LogP contribution is -2.60. The normalized spacial score (nSPS) is 14.2. The van der Waals surface area contributed by atoms with Crippen molar-refractivity contribution < 1.29 is 58.2 Å². The molecule has 506 valence electrons. The van der Waals surface area contributed by atoms with Gasteiger partial charge in [0.1, 0.15) is 60.1 Å². The Morgan fingerprint density at radius 3 is 0.967 bits per heavy atom. The minimum atomic E-state index is -1.54. The average molecular weight is 1280 g/mol. The molecule has 0 saturated carbocycles. The summed E-state index contributed by atoms with van der Waals surface area (Å²) < 4.78 is 0. The van der Waals surface area contributed by atoms with E-state index >= 15 is 0 Å². The van der Waals surface area contributed by atoms with Crippen LogP contribution in [0.5, 0.6) is 5.75 Å². The Balaban J connectivity index is 3.76. The number of carbonyl (C=O) groups excluding carboxylic acids is 10. The van der Waals surface area contributed by atoms with Crippen LogP contribution in [0, 0.1) is 0 Å². The number of carbonyl (C=O) groups is 10. The highest BCUT2D eigenvalue weighted by Gasteiger charge is 2.35. The maximum atomic E-state index is 14.6. The first-order valence-corrected chi connectivity index (χ1v) is 29.6. The standard InChI is InChI=1S/C54H98N24O12/c1-29(70-50(90)40(71-31(3)80)28-32-18-20-33(81)21-19-32)43(83)72-36(14-8-24-66-51(58)59)46(86)75-38(16-10-26-68-53(62)63)48(88)76-37(15-9-25-67-52(60)61)47(87)74-34(12-4-6-22-55)44(84)73-35(13-5-7-23-56)45(85)77-39(17-11-27-69-54(64)65)49(89)78-41(30(2)79)42(57)82/h18-21,29-30,34-41,79,81H,4-17,22-28,55-56H2,1-3H3,(H2,57,82)(H,70,90)(H,71,80)(H,72,83)(H,73,84)(H,74,87)(H,75,86)(H,76,88)(H,77,85)(H,78,89)(H4,58,59,66)(H4,60,61,67)(H4,62,63,68)(H4,64,65,69)/t29-,30+,34-,35-,36-,37-,38-,39-,40-,41-/m0/s1. The molecule has 0 saturated heterocycles. The van der Waals surface area contributed by atoms with Gasteiger partial charge in [0.2, 0.25) is 59.1 Å². The molecule has 90 heavy (non-hydrogen) atoms. The second-order valence-corrected chi connectivity index (χ2v) is 21.2. The van der Waals surface area contributed by atoms with Crippen LogP contribution in [0.3, 0.4) is 0 Å². The topological polar surface area (TPSA) is 655 Å². The van der Waals surface area contributed by atoms with Gasteiger partial charge in [-0.15, -0.1) is 0 Å². The maximum absolute atomic E-state index is 14.6. The first-order chi connectivity index (χ1) is 42.5. The first-order valence-electron chi connectivity index (χ1n) is 29.6. The van der Waals surface area contributed by atoms with E-state index in [-0.39, 0.29) is 146 Å². The minimum Gasteiger partial charge on any atom is -0.508 e. The zero-order chi connectivity index (χ0) is 67.9. The van der Waals surface area contributed by atoms with Gasteiger partial charge in [-0.05, 0) is 135 Å². The number of phenols is 1. The summed E-state index contributed by atoms with van der Waals surface area (Å²) in [5.74, 6) is -9.61. The third-order valence-corrected chi connectivity index (χ3v) is 13.4. The van der Waals surface area contributed by atoms with Crippen LogP contribution in [0.4, 0.5) is 0 Å². The number of amides is 10. The highest BCUT2D eigenvalue weighted by molar-refractivity contribution is 5.98. The molecule has 33 N–H and O–H groups in total. The minimum absolute atomic E-state index is 0.00392. The Labute approximate surface area is 522 Å². The molecule has 0 bridgehead atoms. The van der Waals surface area contributed by atoms with Crippen molar-refractivity contribution in [2.24, 2.45) is 83.0 Å². The summed E-state index contributed by atoms with van der Waals surface area (Å²) in [4.78, 5) is 153. The van der Waals surface area contributed by atoms with Crippen molar-refractivity contribution in [1.82, 2.24) is 47.9 Å². The number of benzene rings is 1. The van der Waals surface area contributed by atoms with Crippen LogP contribution < -0.4 is 111 Å². The lowest BCUT2D eigenvalue weighted by Gasteiger charge is -2.28. The molecule has 0 unspecified atom stereocenters. The summed E-state index contributed by atoms with van der Waals surface area (Å²) >= 11 is 0. The molecule has 1 aromatic carbocycles. The molecule has 36 heteroatoms. The Morgan fingerprint density at radius 1 is 0.400 bits per heavy atom. The molecule has 1 aromatic rings. The highest BCUT2D eigenvalue weighted by Crippen LogP contribution is 2.14. The van der Waals surface area contributed by atoms with E-state index in [9.17, 15) is 58.2 Å². The van der Waals surface area contributed by atoms with Gasteiger partial charge in [0, 0.05) is 39.5 Å². The van der Waals surface area contributed by atoms with Crippen LogP contribution in [-0.2, 0) is 54.4 Å². The predicted molar refractivity (Wildman–Crippen MR) is 337 cm³/mol. The van der Waals surface area contributed by atoms with Gasteiger partial charge in [-0.2, -0.15) is 0 Å². The SMILES string of the molecule is CC(=O)N[C@@H](Cc1ccc(O)cc1)C(=O)N[C@@H](C)C(=O)N[C@@H](CCCN=C(N)N)C(=O)N[C@@H](CCCN=C(N)N)C(=O)N[C@@H](CCCN=C(N)N)C(=O)N[C@@H](CCCCN)C(=O)N[C@@H](CCCCN)C(=O)N[C@@H](CCCN=C(N)N)C(=O)N[C@H](C(N)=O)[C@@H](C)O. The number of nitrogens with zero attached hydrogens (tertiary/aromatic N) is 4. The van der Waals surface area contributed by atoms with E-state index in [0.717, 1.165) is 0 Å². The number of nitrogens with two attached hydrogens (primary N) is 11. The Morgan fingerprint density at radius 2 is 0.689 bits per heavy atom. The molecule has 0 radical (unpaired) electrons. The summed E-state index contributed by atoms with van der Waals surface area (Å²) in [5.41, 5.74) is 61.8. The molecule has 0 aliphatic rings. The quantitative estimate of drug-likeness (QED) is 0.0164. The van der Waals surface area contributed by atoms with Crippen molar-refractivity contribution >= 4 is 82.9 Å². The van der Waals surface area contributed by atoms with Gasteiger partial charge in [-0.25, -0.2) is 0 Å². The number of phenolic OH excluding ortho intramolecular Hbond substituents is 1. The maximum Gasteiger partial charge on any atom is 0.243 e. The van der Waals surface area contributed by atoms with Crippen molar-refractivity contribution in [3.8, 4) is 5.75 Å². The molecular weight excluding hydrogens is 1180 g/mol. The Kier molecular flexibility index (Phi) is 37.9. The molecule has 0 aliphatic carbocycles. The monoisotopic (exact) mass is 1270 g/mol. The van der Waals surface area contributed by atoms with E-state index in [4.69, 9.17) is 63.1 Å². The lowest BCUT2D eigenvalue weighted by molar-refractivity contribution is -0.136. The van der Waals surface area contributed by atoms with E-state index in [0.29, 0.717) is 24.8 Å². The highest BCUT2D eigenvalue weighted by atomic mass is 16.3. The summed E-state index contributed by atoms with van der Waals surface area (Å²) in [5, 5.41) is 43.2. The molecule has 10 amide bonds. The van der Waals surface area contributed by atoms with Gasteiger partial charge in [0.15, 0.2) is 23.8 Å².